The molecule has 0 aliphatic heterocycles. The number of rotatable bonds is 5. The van der Waals surface area contributed by atoms with E-state index in [1.807, 2.05) is 13.0 Å². The molecule has 1 aromatic rings. The first-order valence-corrected chi connectivity index (χ1v) is 5.49. The molecular formula is C12H16F3NO2. The number of alkyl halides is 3. The second kappa shape index (κ2) is 6.06. The second-order valence-electron chi connectivity index (χ2n) is 3.97. The topological polar surface area (TPSA) is 44.5 Å². The average molecular weight is 263 g/mol. The highest BCUT2D eigenvalue weighted by Gasteiger charge is 2.28. The Kier molecular flexibility index (Phi) is 4.98. The van der Waals surface area contributed by atoms with Crippen LogP contribution in [0.4, 0.5) is 13.2 Å². The zero-order valence-corrected chi connectivity index (χ0v) is 10.3. The number of aryl methyl sites for hydroxylation is 1. The van der Waals surface area contributed by atoms with E-state index >= 15 is 0 Å². The van der Waals surface area contributed by atoms with E-state index in [9.17, 15) is 13.2 Å². The zero-order chi connectivity index (χ0) is 13.8. The van der Waals surface area contributed by atoms with Gasteiger partial charge in [0.2, 0.25) is 0 Å². The van der Waals surface area contributed by atoms with Gasteiger partial charge in [0.1, 0.15) is 12.4 Å². The van der Waals surface area contributed by atoms with Crippen LogP contribution in [-0.4, -0.2) is 19.6 Å². The summed E-state index contributed by atoms with van der Waals surface area (Å²) in [5, 5.41) is 0. The number of nitrogens with two attached hydrogens (primary N) is 1. The molecule has 0 saturated carbocycles. The van der Waals surface area contributed by atoms with Crippen molar-refractivity contribution in [1.29, 1.82) is 0 Å². The maximum atomic E-state index is 11.8. The van der Waals surface area contributed by atoms with Crippen molar-refractivity contribution in [2.45, 2.75) is 26.3 Å². The van der Waals surface area contributed by atoms with E-state index in [0.717, 1.165) is 11.1 Å². The molecule has 1 rings (SSSR count). The molecule has 0 spiro atoms. The van der Waals surface area contributed by atoms with Gasteiger partial charge in [0.15, 0.2) is 0 Å². The van der Waals surface area contributed by atoms with Crippen molar-refractivity contribution in [3.63, 3.8) is 0 Å². The highest BCUT2D eigenvalue weighted by atomic mass is 19.4. The molecule has 0 amide bonds. The molecule has 0 heterocycles. The number of halogens is 3. The van der Waals surface area contributed by atoms with E-state index in [-0.39, 0.29) is 12.6 Å². The van der Waals surface area contributed by atoms with Crippen LogP contribution in [0.15, 0.2) is 18.2 Å². The lowest BCUT2D eigenvalue weighted by atomic mass is 10.1. The third-order valence-corrected chi connectivity index (χ3v) is 2.27. The third kappa shape index (κ3) is 4.93. The first kappa shape index (κ1) is 14.8. The van der Waals surface area contributed by atoms with Gasteiger partial charge in [-0.15, -0.1) is 13.2 Å². The highest BCUT2D eigenvalue weighted by molar-refractivity contribution is 5.38. The highest BCUT2D eigenvalue weighted by Crippen LogP contribution is 2.25. The van der Waals surface area contributed by atoms with Crippen LogP contribution in [0.3, 0.4) is 0 Å². The van der Waals surface area contributed by atoms with Crippen molar-refractivity contribution in [1.82, 2.24) is 0 Å². The maximum absolute atomic E-state index is 11.8. The van der Waals surface area contributed by atoms with Crippen LogP contribution >= 0.6 is 0 Å². The van der Waals surface area contributed by atoms with Crippen molar-refractivity contribution >= 4 is 0 Å². The van der Waals surface area contributed by atoms with Crippen LogP contribution in [0.2, 0.25) is 0 Å². The van der Waals surface area contributed by atoms with E-state index in [2.05, 4.69) is 4.74 Å². The predicted octanol–water partition coefficient (Wildman–Crippen LogP) is 2.93. The van der Waals surface area contributed by atoms with Gasteiger partial charge in [0.05, 0.1) is 6.61 Å². The van der Waals surface area contributed by atoms with Crippen LogP contribution in [-0.2, 0) is 4.74 Å². The fourth-order valence-corrected chi connectivity index (χ4v) is 1.45. The van der Waals surface area contributed by atoms with Gasteiger partial charge >= 0.3 is 6.36 Å². The van der Waals surface area contributed by atoms with Crippen LogP contribution in [0.1, 0.15) is 24.1 Å². The van der Waals surface area contributed by atoms with Crippen LogP contribution < -0.4 is 10.5 Å². The smallest absolute Gasteiger partial charge is 0.491 e. The van der Waals surface area contributed by atoms with Crippen LogP contribution in [0.5, 0.6) is 5.75 Å². The van der Waals surface area contributed by atoms with E-state index < -0.39 is 13.0 Å². The summed E-state index contributed by atoms with van der Waals surface area (Å²) < 4.78 is 44.2. The fraction of sp³-hybridized carbons (Fsp3) is 0.500. The molecule has 3 nitrogen and oxygen atoms in total. The Labute approximate surface area is 104 Å². The first-order valence-electron chi connectivity index (χ1n) is 5.49. The molecule has 0 fully saturated rings. The molecule has 0 saturated heterocycles. The van der Waals surface area contributed by atoms with Gasteiger partial charge in [-0.05, 0) is 25.5 Å². The minimum atomic E-state index is -4.63. The van der Waals surface area contributed by atoms with Crippen LogP contribution in [0.25, 0.3) is 0 Å². The lowest BCUT2D eigenvalue weighted by Gasteiger charge is -2.15. The monoisotopic (exact) mass is 263 g/mol. The molecule has 1 atom stereocenters. The summed E-state index contributed by atoms with van der Waals surface area (Å²) in [5.74, 6) is 0.496. The molecule has 1 unspecified atom stereocenters. The molecule has 102 valence electrons. The Morgan fingerprint density at radius 3 is 2.50 bits per heavy atom. The SMILES string of the molecule is Cc1ccc(C(C)N)c(OCCOC(F)(F)F)c1. The minimum Gasteiger partial charge on any atom is -0.491 e. The van der Waals surface area contributed by atoms with Gasteiger partial charge in [-0.25, -0.2) is 0 Å². The Hall–Kier alpha value is -1.27. The normalized spacial score (nSPS) is 13.4. The fourth-order valence-electron chi connectivity index (χ4n) is 1.45. The van der Waals surface area contributed by atoms with E-state index in [1.54, 1.807) is 19.1 Å². The largest absolute Gasteiger partial charge is 0.522 e. The van der Waals surface area contributed by atoms with E-state index in [4.69, 9.17) is 10.5 Å². The molecule has 0 aliphatic carbocycles. The van der Waals surface area contributed by atoms with Gasteiger partial charge in [0, 0.05) is 11.6 Å². The summed E-state index contributed by atoms with van der Waals surface area (Å²) in [7, 11) is 0. The molecule has 0 radical (unpaired) electrons. The summed E-state index contributed by atoms with van der Waals surface area (Å²) >= 11 is 0. The summed E-state index contributed by atoms with van der Waals surface area (Å²) in [4.78, 5) is 0. The standard InChI is InChI=1S/C12H16F3NO2/c1-8-3-4-10(9(2)16)11(7-8)17-5-6-18-12(13,14)15/h3-4,7,9H,5-6,16H2,1-2H3. The number of hydrogen-bond acceptors (Lipinski definition) is 3. The predicted molar refractivity (Wildman–Crippen MR) is 61.3 cm³/mol. The molecule has 1 aromatic carbocycles. The number of ether oxygens (including phenoxy) is 2. The summed E-state index contributed by atoms with van der Waals surface area (Å²) in [6.45, 7) is 2.92. The molecule has 2 N–H and O–H groups in total. The molecule has 6 heteroatoms. The molecule has 18 heavy (non-hydrogen) atoms. The molecular weight excluding hydrogens is 247 g/mol. The zero-order valence-electron chi connectivity index (χ0n) is 10.3. The lowest BCUT2D eigenvalue weighted by molar-refractivity contribution is -0.325. The van der Waals surface area contributed by atoms with Crippen molar-refractivity contribution < 1.29 is 22.6 Å². The van der Waals surface area contributed by atoms with Crippen molar-refractivity contribution in [3.8, 4) is 5.75 Å². The minimum absolute atomic E-state index is 0.178. The van der Waals surface area contributed by atoms with Crippen molar-refractivity contribution in [2.24, 2.45) is 5.73 Å². The lowest BCUT2D eigenvalue weighted by Crippen LogP contribution is -2.18. The Balaban J connectivity index is 2.58. The van der Waals surface area contributed by atoms with Gasteiger partial charge < -0.3 is 10.5 Å². The second-order valence-corrected chi connectivity index (χ2v) is 3.97. The third-order valence-electron chi connectivity index (χ3n) is 2.27. The maximum Gasteiger partial charge on any atom is 0.522 e. The van der Waals surface area contributed by atoms with Crippen LogP contribution in [0, 0.1) is 6.92 Å². The van der Waals surface area contributed by atoms with Gasteiger partial charge in [-0.2, -0.15) is 0 Å². The molecule has 0 bridgehead atoms. The van der Waals surface area contributed by atoms with E-state index in [0.29, 0.717) is 5.75 Å². The summed E-state index contributed by atoms with van der Waals surface area (Å²) in [6, 6.07) is 5.17. The quantitative estimate of drug-likeness (QED) is 0.831. The number of hydrogen-bond donors (Lipinski definition) is 1. The van der Waals surface area contributed by atoms with Gasteiger partial charge in [-0.1, -0.05) is 12.1 Å². The molecule has 0 aromatic heterocycles. The Morgan fingerprint density at radius 2 is 1.94 bits per heavy atom. The van der Waals surface area contributed by atoms with Crippen molar-refractivity contribution in [2.75, 3.05) is 13.2 Å². The summed E-state index contributed by atoms with van der Waals surface area (Å²) in [5.41, 5.74) is 7.45. The Bertz CT molecular complexity index is 391. The Morgan fingerprint density at radius 1 is 1.28 bits per heavy atom. The van der Waals surface area contributed by atoms with E-state index in [1.165, 1.54) is 0 Å². The first-order chi connectivity index (χ1) is 8.29. The van der Waals surface area contributed by atoms with Crippen molar-refractivity contribution in [3.05, 3.63) is 29.3 Å². The molecule has 0 aliphatic rings. The number of benzene rings is 1. The average Bonchev–Trinajstić information content (AvgIpc) is 2.22. The summed E-state index contributed by atoms with van der Waals surface area (Å²) in [6.07, 6.45) is -4.63. The van der Waals surface area contributed by atoms with Gasteiger partial charge in [-0.3, -0.25) is 4.74 Å². The van der Waals surface area contributed by atoms with Gasteiger partial charge in [0.25, 0.3) is 0 Å².